The van der Waals surface area contributed by atoms with Crippen LogP contribution in [0, 0.1) is 12.8 Å². The highest BCUT2D eigenvalue weighted by atomic mass is 32.2. The van der Waals surface area contributed by atoms with Crippen LogP contribution >= 0.6 is 11.3 Å². The molecule has 122 valence electrons. The van der Waals surface area contributed by atoms with Crippen molar-refractivity contribution in [2.45, 2.75) is 19.9 Å². The molecule has 0 saturated heterocycles. The molecule has 1 amide bonds. The van der Waals surface area contributed by atoms with Crippen LogP contribution in [0.5, 0.6) is 0 Å². The van der Waals surface area contributed by atoms with Gasteiger partial charge in [0.2, 0.25) is 5.91 Å². The molecule has 0 unspecified atom stereocenters. The molecule has 0 aliphatic carbocycles. The maximum absolute atomic E-state index is 12.5. The number of aryl methyl sites for hydroxylation is 1. The highest BCUT2D eigenvalue weighted by Crippen LogP contribution is 2.22. The maximum atomic E-state index is 12.5. The summed E-state index contributed by atoms with van der Waals surface area (Å²) in [6.45, 7) is 3.55. The minimum Gasteiger partial charge on any atom is -0.383 e. The van der Waals surface area contributed by atoms with Gasteiger partial charge >= 0.3 is 0 Å². The lowest BCUT2D eigenvalue weighted by molar-refractivity contribution is -0.133. The lowest BCUT2D eigenvalue weighted by atomic mass is 10.1. The van der Waals surface area contributed by atoms with Crippen molar-refractivity contribution < 1.29 is 17.9 Å². The van der Waals surface area contributed by atoms with E-state index in [0.717, 1.165) is 4.88 Å². The van der Waals surface area contributed by atoms with Gasteiger partial charge in [0.15, 0.2) is 9.84 Å². The molecule has 5 nitrogen and oxygen atoms in total. The Morgan fingerprint density at radius 2 is 2.27 bits per heavy atom. The Morgan fingerprint density at radius 1 is 1.50 bits per heavy atom. The Labute approximate surface area is 135 Å². The zero-order valence-electron chi connectivity index (χ0n) is 12.8. The first-order chi connectivity index (χ1) is 10.4. The van der Waals surface area contributed by atoms with Crippen LogP contribution in [0.25, 0.3) is 0 Å². The summed E-state index contributed by atoms with van der Waals surface area (Å²) in [4.78, 5) is 15.4. The number of carbonyl (C=O) groups excluding carboxylic acids is 1. The number of amides is 1. The van der Waals surface area contributed by atoms with Crippen LogP contribution in [0.4, 0.5) is 0 Å². The second-order valence-electron chi connectivity index (χ2n) is 5.46. The molecule has 0 radical (unpaired) electrons. The summed E-state index contributed by atoms with van der Waals surface area (Å²) >= 11 is 1.63. The van der Waals surface area contributed by atoms with Gasteiger partial charge < -0.3 is 9.64 Å². The van der Waals surface area contributed by atoms with Crippen LogP contribution in [-0.2, 0) is 25.9 Å². The van der Waals surface area contributed by atoms with Crippen molar-refractivity contribution in [2.75, 3.05) is 26.0 Å². The highest BCUT2D eigenvalue weighted by Gasteiger charge is 2.26. The number of hydrogen-bond acceptors (Lipinski definition) is 5. The molecular weight excluding hydrogens is 322 g/mol. The number of carbonyl (C=O) groups is 1. The normalized spacial score (nSPS) is 19.5. The Morgan fingerprint density at radius 3 is 2.82 bits per heavy atom. The smallest absolute Gasteiger partial charge is 0.223 e. The molecule has 1 aromatic heterocycles. The van der Waals surface area contributed by atoms with Crippen molar-refractivity contribution in [3.63, 3.8) is 0 Å². The fraction of sp³-hybridized carbons (Fsp3) is 0.533. The number of thiophene rings is 1. The summed E-state index contributed by atoms with van der Waals surface area (Å²) in [7, 11) is -1.51. The predicted octanol–water partition coefficient (Wildman–Crippen LogP) is 1.98. The van der Waals surface area contributed by atoms with E-state index in [1.807, 2.05) is 18.4 Å². The molecular formula is C15H21NO4S2. The SMILES string of the molecule is COCCN(Cc1sccc1C)C(=O)C[C@H]1C=CS(=O)(=O)C1. The topological polar surface area (TPSA) is 63.7 Å². The highest BCUT2D eigenvalue weighted by molar-refractivity contribution is 7.94. The van der Waals surface area contributed by atoms with Gasteiger partial charge in [-0.1, -0.05) is 6.08 Å². The Bertz CT molecular complexity index is 648. The van der Waals surface area contributed by atoms with Crippen LogP contribution in [0.1, 0.15) is 16.9 Å². The second-order valence-corrected chi connectivity index (χ2v) is 8.39. The van der Waals surface area contributed by atoms with Gasteiger partial charge in [0.1, 0.15) is 0 Å². The van der Waals surface area contributed by atoms with E-state index in [1.54, 1.807) is 29.4 Å². The molecule has 0 saturated carbocycles. The van der Waals surface area contributed by atoms with Crippen molar-refractivity contribution in [1.29, 1.82) is 0 Å². The zero-order chi connectivity index (χ0) is 16.2. The molecule has 0 aromatic carbocycles. The number of nitrogens with zero attached hydrogens (tertiary/aromatic N) is 1. The van der Waals surface area contributed by atoms with Crippen LogP contribution in [0.3, 0.4) is 0 Å². The Hall–Kier alpha value is -1.18. The molecule has 2 heterocycles. The van der Waals surface area contributed by atoms with Crippen molar-refractivity contribution >= 4 is 27.1 Å². The third-order valence-corrected chi connectivity index (χ3v) is 6.13. The van der Waals surface area contributed by atoms with Crippen LogP contribution in [0.15, 0.2) is 22.9 Å². The van der Waals surface area contributed by atoms with E-state index < -0.39 is 9.84 Å². The van der Waals surface area contributed by atoms with E-state index in [1.165, 1.54) is 11.0 Å². The molecule has 1 atom stereocenters. The first-order valence-electron chi connectivity index (χ1n) is 7.12. The van der Waals surface area contributed by atoms with Crippen LogP contribution < -0.4 is 0 Å². The average Bonchev–Trinajstić information content (AvgIpc) is 3.00. The number of methoxy groups -OCH3 is 1. The van der Waals surface area contributed by atoms with Crippen molar-refractivity contribution in [3.8, 4) is 0 Å². The zero-order valence-corrected chi connectivity index (χ0v) is 14.5. The molecule has 22 heavy (non-hydrogen) atoms. The molecule has 7 heteroatoms. The summed E-state index contributed by atoms with van der Waals surface area (Å²) in [5, 5.41) is 3.23. The molecule has 1 aromatic rings. The van der Waals surface area contributed by atoms with Crippen molar-refractivity contribution in [3.05, 3.63) is 33.4 Å². The molecule has 1 aliphatic rings. The second kappa shape index (κ2) is 7.39. The number of hydrogen-bond donors (Lipinski definition) is 0. The lowest BCUT2D eigenvalue weighted by Gasteiger charge is -2.23. The summed E-state index contributed by atoms with van der Waals surface area (Å²) in [6, 6.07) is 2.03. The van der Waals surface area contributed by atoms with Crippen molar-refractivity contribution in [2.24, 2.45) is 5.92 Å². The van der Waals surface area contributed by atoms with Gasteiger partial charge in [-0.2, -0.15) is 0 Å². The quantitative estimate of drug-likeness (QED) is 0.759. The summed E-state index contributed by atoms with van der Waals surface area (Å²) < 4.78 is 27.9. The van der Waals surface area contributed by atoms with Gasteiger partial charge in [-0.05, 0) is 23.9 Å². The molecule has 1 aliphatic heterocycles. The number of sulfone groups is 1. The van der Waals surface area contributed by atoms with Gasteiger partial charge in [-0.3, -0.25) is 4.79 Å². The largest absolute Gasteiger partial charge is 0.383 e. The third-order valence-electron chi connectivity index (χ3n) is 3.66. The van der Waals surface area contributed by atoms with Crippen LogP contribution in [-0.4, -0.2) is 45.2 Å². The number of ether oxygens (including phenoxy) is 1. The van der Waals surface area contributed by atoms with Gasteiger partial charge in [-0.25, -0.2) is 8.42 Å². The first kappa shape index (κ1) is 17.2. The minimum absolute atomic E-state index is 0.0309. The fourth-order valence-electron chi connectivity index (χ4n) is 2.35. The first-order valence-corrected chi connectivity index (χ1v) is 9.71. The Balaban J connectivity index is 2.00. The molecule has 0 fully saturated rings. The fourth-order valence-corrected chi connectivity index (χ4v) is 4.67. The monoisotopic (exact) mass is 343 g/mol. The molecule has 0 N–H and O–H groups in total. The van der Waals surface area contributed by atoms with E-state index in [-0.39, 0.29) is 24.0 Å². The van der Waals surface area contributed by atoms with Crippen molar-refractivity contribution in [1.82, 2.24) is 4.90 Å². The molecule has 2 rings (SSSR count). The standard InChI is InChI=1S/C15H21NO4S2/c1-12-3-7-21-14(12)10-16(5-6-20-2)15(17)9-13-4-8-22(18,19)11-13/h3-4,7-8,13H,5-6,9-11H2,1-2H3/t13-/m1/s1. The summed E-state index contributed by atoms with van der Waals surface area (Å²) in [5.41, 5.74) is 1.17. The van der Waals surface area contributed by atoms with E-state index in [4.69, 9.17) is 4.74 Å². The van der Waals surface area contributed by atoms with Crippen LogP contribution in [0.2, 0.25) is 0 Å². The van der Waals surface area contributed by atoms with E-state index in [2.05, 4.69) is 0 Å². The van der Waals surface area contributed by atoms with E-state index >= 15 is 0 Å². The predicted molar refractivity (Wildman–Crippen MR) is 87.4 cm³/mol. The summed E-state index contributed by atoms with van der Waals surface area (Å²) in [6.07, 6.45) is 1.85. The van der Waals surface area contributed by atoms with E-state index in [0.29, 0.717) is 19.7 Å². The lowest BCUT2D eigenvalue weighted by Crippen LogP contribution is -2.34. The number of allylic oxidation sites excluding steroid dienone is 1. The Kier molecular flexibility index (Phi) is 5.77. The molecule has 0 bridgehead atoms. The van der Waals surface area contributed by atoms with Gasteiger partial charge in [0.05, 0.1) is 18.9 Å². The summed E-state index contributed by atoms with van der Waals surface area (Å²) in [5.74, 6) is -0.210. The molecule has 0 spiro atoms. The number of rotatable bonds is 7. The van der Waals surface area contributed by atoms with E-state index in [9.17, 15) is 13.2 Å². The van der Waals surface area contributed by atoms with Gasteiger partial charge in [0, 0.05) is 36.3 Å². The van der Waals surface area contributed by atoms with Gasteiger partial charge in [-0.15, -0.1) is 11.3 Å². The minimum atomic E-state index is -3.11. The maximum Gasteiger partial charge on any atom is 0.223 e. The van der Waals surface area contributed by atoms with Gasteiger partial charge in [0.25, 0.3) is 0 Å². The third kappa shape index (κ3) is 4.66. The average molecular weight is 343 g/mol.